The molecule has 6 nitrogen and oxygen atoms in total. The molecule has 0 aliphatic carbocycles. The minimum atomic E-state index is -0.165. The largest absolute Gasteiger partial charge is 0.457 e. The van der Waals surface area contributed by atoms with Crippen LogP contribution >= 0.6 is 0 Å². The molecule has 0 saturated heterocycles. The Morgan fingerprint density at radius 1 is 0.547 bits per heavy atom. The van der Waals surface area contributed by atoms with E-state index in [0.717, 1.165) is 56.6 Å². The smallest absolute Gasteiger partial charge is 0.422 e. The van der Waals surface area contributed by atoms with Gasteiger partial charge in [-0.2, -0.15) is 0 Å². The summed E-state index contributed by atoms with van der Waals surface area (Å²) in [7, 11) is 0. The summed E-state index contributed by atoms with van der Waals surface area (Å²) in [6.45, 7) is 10.9. The minimum Gasteiger partial charge on any atom is -0.457 e. The van der Waals surface area contributed by atoms with E-state index in [9.17, 15) is 0 Å². The number of para-hydroxylation sites is 2. The van der Waals surface area contributed by atoms with Crippen LogP contribution in [0.25, 0.3) is 27.6 Å². The highest BCUT2D eigenvalue weighted by Gasteiger charge is 2.45. The Hall–Kier alpha value is -6.34. The van der Waals surface area contributed by atoms with Gasteiger partial charge in [-0.05, 0) is 97.0 Å². The lowest BCUT2D eigenvalue weighted by atomic mass is 9.61. The maximum Gasteiger partial charge on any atom is 0.422 e. The summed E-state index contributed by atoms with van der Waals surface area (Å²) in [6, 6.07) is 48.9. The average molecular weight is 690 g/mol. The van der Waals surface area contributed by atoms with E-state index in [1.165, 1.54) is 27.5 Å². The van der Waals surface area contributed by atoms with Crippen LogP contribution in [0.15, 0.2) is 152 Å². The van der Waals surface area contributed by atoms with Crippen LogP contribution in [0.1, 0.15) is 37.5 Å². The number of anilines is 4. The molecule has 0 saturated carbocycles. The van der Waals surface area contributed by atoms with Crippen molar-refractivity contribution in [3.8, 4) is 17.3 Å². The molecule has 1 aliphatic rings. The number of ether oxygens (including phenoxy) is 1. The summed E-state index contributed by atoms with van der Waals surface area (Å²) in [5.41, 5.74) is 10.3. The molecule has 258 valence electrons. The summed E-state index contributed by atoms with van der Waals surface area (Å²) >= 11 is 0. The van der Waals surface area contributed by atoms with Crippen LogP contribution < -0.4 is 19.8 Å². The van der Waals surface area contributed by atoms with Crippen LogP contribution in [0.4, 0.5) is 22.9 Å². The lowest BCUT2D eigenvalue weighted by Crippen LogP contribution is -2.55. The Balaban J connectivity index is 1.19. The first-order valence-electron chi connectivity index (χ1n) is 18.2. The highest BCUT2D eigenvalue weighted by molar-refractivity contribution is 6.85. The van der Waals surface area contributed by atoms with Gasteiger partial charge in [0.2, 0.25) is 0 Å². The van der Waals surface area contributed by atoms with Gasteiger partial charge in [0.25, 0.3) is 0 Å². The zero-order valence-electron chi connectivity index (χ0n) is 30.7. The Labute approximate surface area is 311 Å². The van der Waals surface area contributed by atoms with Crippen LogP contribution in [0.5, 0.6) is 11.5 Å². The number of aromatic nitrogens is 3. The fourth-order valence-corrected chi connectivity index (χ4v) is 7.85. The van der Waals surface area contributed by atoms with E-state index in [0.29, 0.717) is 0 Å². The fourth-order valence-electron chi connectivity index (χ4n) is 7.85. The second-order valence-electron chi connectivity index (χ2n) is 14.9. The van der Waals surface area contributed by atoms with Crippen molar-refractivity contribution in [2.24, 2.45) is 0 Å². The summed E-state index contributed by atoms with van der Waals surface area (Å²) < 4.78 is 9.05. The number of rotatable bonds is 6. The topological polar surface area (TPSA) is 46.4 Å². The monoisotopic (exact) mass is 689 g/mol. The molecule has 0 radical (unpaired) electrons. The SMILES string of the molecule is Cc1cccc(C)c1B1N(c2ccccc2)c2ccc(Oc3ccc4c5ccccc5n(-c5cc(C(C)(C)C)ccn5)c4c3)cc2N1c1ccccn1. The van der Waals surface area contributed by atoms with Crippen LogP contribution in [0, 0.1) is 13.8 Å². The average Bonchev–Trinajstić information content (AvgIpc) is 3.67. The van der Waals surface area contributed by atoms with Gasteiger partial charge in [-0.1, -0.05) is 92.6 Å². The van der Waals surface area contributed by atoms with Crippen LogP contribution in [-0.2, 0) is 5.41 Å². The first-order valence-corrected chi connectivity index (χ1v) is 18.2. The van der Waals surface area contributed by atoms with E-state index in [-0.39, 0.29) is 12.4 Å². The van der Waals surface area contributed by atoms with Gasteiger partial charge in [0.15, 0.2) is 0 Å². The van der Waals surface area contributed by atoms with Gasteiger partial charge in [-0.25, -0.2) is 9.97 Å². The van der Waals surface area contributed by atoms with Gasteiger partial charge in [-0.3, -0.25) is 4.57 Å². The van der Waals surface area contributed by atoms with Gasteiger partial charge >= 0.3 is 6.98 Å². The molecule has 53 heavy (non-hydrogen) atoms. The van der Waals surface area contributed by atoms with Crippen molar-refractivity contribution in [2.45, 2.75) is 40.0 Å². The van der Waals surface area contributed by atoms with Crippen molar-refractivity contribution in [3.05, 3.63) is 169 Å². The number of aryl methyl sites for hydroxylation is 2. The molecule has 3 aromatic heterocycles. The molecular weight excluding hydrogens is 649 g/mol. The normalized spacial score (nSPS) is 12.9. The maximum atomic E-state index is 6.79. The minimum absolute atomic E-state index is 0.00551. The van der Waals surface area contributed by atoms with Crippen molar-refractivity contribution in [2.75, 3.05) is 9.62 Å². The Kier molecular flexibility index (Phi) is 7.81. The molecule has 0 unspecified atom stereocenters. The summed E-state index contributed by atoms with van der Waals surface area (Å²) in [5.74, 6) is 3.26. The van der Waals surface area contributed by atoms with Crippen LogP contribution in [0.2, 0.25) is 0 Å². The zero-order chi connectivity index (χ0) is 36.3. The second kappa shape index (κ2) is 12.7. The molecule has 0 amide bonds. The molecule has 8 aromatic rings. The van der Waals surface area contributed by atoms with Gasteiger partial charge in [0, 0.05) is 41.0 Å². The van der Waals surface area contributed by atoms with E-state index in [4.69, 9.17) is 14.7 Å². The van der Waals surface area contributed by atoms with Crippen LogP contribution in [0.3, 0.4) is 0 Å². The molecule has 9 rings (SSSR count). The molecule has 0 bridgehead atoms. The van der Waals surface area contributed by atoms with Gasteiger partial charge < -0.3 is 14.4 Å². The molecular formula is C46H40BN5O. The number of hydrogen-bond acceptors (Lipinski definition) is 5. The van der Waals surface area contributed by atoms with E-state index < -0.39 is 0 Å². The molecule has 0 fully saturated rings. The molecule has 1 aliphatic heterocycles. The quantitative estimate of drug-likeness (QED) is 0.163. The predicted molar refractivity (Wildman–Crippen MR) is 220 cm³/mol. The number of benzene rings is 5. The third kappa shape index (κ3) is 5.60. The first kappa shape index (κ1) is 32.6. The lowest BCUT2D eigenvalue weighted by Gasteiger charge is -2.31. The van der Waals surface area contributed by atoms with Crippen molar-refractivity contribution in [3.63, 3.8) is 0 Å². The van der Waals surface area contributed by atoms with E-state index in [1.807, 2.05) is 18.5 Å². The second-order valence-corrected chi connectivity index (χ2v) is 14.9. The van der Waals surface area contributed by atoms with E-state index >= 15 is 0 Å². The molecule has 5 aromatic carbocycles. The lowest BCUT2D eigenvalue weighted by molar-refractivity contribution is 0.483. The maximum absolute atomic E-state index is 6.79. The van der Waals surface area contributed by atoms with Gasteiger partial charge in [0.05, 0.1) is 22.4 Å². The molecule has 7 heteroatoms. The first-order chi connectivity index (χ1) is 25.8. The predicted octanol–water partition coefficient (Wildman–Crippen LogP) is 11.0. The van der Waals surface area contributed by atoms with Crippen molar-refractivity contribution >= 4 is 57.1 Å². The highest BCUT2D eigenvalue weighted by atomic mass is 16.5. The Bertz CT molecular complexity index is 2610. The molecule has 4 heterocycles. The van der Waals surface area contributed by atoms with Crippen molar-refractivity contribution < 1.29 is 4.74 Å². The Morgan fingerprint density at radius 2 is 1.25 bits per heavy atom. The van der Waals surface area contributed by atoms with Gasteiger partial charge in [-0.15, -0.1) is 0 Å². The number of pyridine rings is 2. The van der Waals surface area contributed by atoms with E-state index in [1.54, 1.807) is 0 Å². The summed E-state index contributed by atoms with van der Waals surface area (Å²) in [6.07, 6.45) is 3.78. The summed E-state index contributed by atoms with van der Waals surface area (Å²) in [4.78, 5) is 14.5. The highest BCUT2D eigenvalue weighted by Crippen LogP contribution is 2.48. The van der Waals surface area contributed by atoms with Crippen LogP contribution in [-0.4, -0.2) is 21.5 Å². The fraction of sp³-hybridized carbons (Fsp3) is 0.130. The standard InChI is InChI=1S/C46H40BN5O/c1-31-14-13-15-32(2)45(31)47-51(34-16-7-6-8-17-34)40-24-22-36(30-42(40)52(47)43-20-11-12-26-48-43)53-35-21-23-38-37-18-9-10-19-39(37)50(41(38)29-35)44-28-33(25-27-49-44)46(3,4)5/h6-30H,1-5H3. The van der Waals surface area contributed by atoms with Gasteiger partial charge in [0.1, 0.15) is 23.1 Å². The summed E-state index contributed by atoms with van der Waals surface area (Å²) in [5, 5.41) is 2.33. The molecule has 0 spiro atoms. The number of nitrogens with zero attached hydrogens (tertiary/aromatic N) is 5. The number of fused-ring (bicyclic) bond motifs is 4. The molecule has 0 N–H and O–H groups in total. The molecule has 0 atom stereocenters. The zero-order valence-corrected chi connectivity index (χ0v) is 30.7. The third-order valence-electron chi connectivity index (χ3n) is 10.4. The van der Waals surface area contributed by atoms with E-state index in [2.05, 4.69) is 182 Å². The number of hydrogen-bond donors (Lipinski definition) is 0. The van der Waals surface area contributed by atoms with Crippen molar-refractivity contribution in [1.82, 2.24) is 14.5 Å². The third-order valence-corrected chi connectivity index (χ3v) is 10.4. The Morgan fingerprint density at radius 3 is 2.02 bits per heavy atom. The van der Waals surface area contributed by atoms with Crippen molar-refractivity contribution in [1.29, 1.82) is 0 Å².